The molecule has 0 N–H and O–H groups in total. The van der Waals surface area contributed by atoms with Gasteiger partial charge >= 0.3 is 0 Å². The van der Waals surface area contributed by atoms with Crippen molar-refractivity contribution in [1.29, 1.82) is 5.26 Å². The minimum atomic E-state index is 0.00432. The number of halogens is 2. The summed E-state index contributed by atoms with van der Waals surface area (Å²) in [5.74, 6) is 0.423. The molecule has 0 unspecified atom stereocenters. The third-order valence-electron chi connectivity index (χ3n) is 2.47. The maximum atomic E-state index is 8.99. The van der Waals surface area contributed by atoms with Crippen molar-refractivity contribution in [3.63, 3.8) is 0 Å². The van der Waals surface area contributed by atoms with E-state index in [1.54, 1.807) is 0 Å². The van der Waals surface area contributed by atoms with Crippen LogP contribution in [-0.2, 0) is 0 Å². The molecule has 0 aliphatic rings. The molecule has 5 heteroatoms. The standard InChI is InChI=1S/C12H8Cl2N2O/c1-6-3-8(4-7(2)9(6)5-15)10-11(13)16-12(14)17-10/h3-4H,1-2H3. The Bertz CT molecular complexity index is 603. The van der Waals surface area contributed by atoms with Crippen LogP contribution in [0.3, 0.4) is 0 Å². The number of nitrogens with zero attached hydrogens (tertiary/aromatic N) is 2. The van der Waals surface area contributed by atoms with Crippen molar-refractivity contribution >= 4 is 23.2 Å². The second-order valence-corrected chi connectivity index (χ2v) is 4.36. The topological polar surface area (TPSA) is 49.8 Å². The molecule has 2 aromatic rings. The lowest BCUT2D eigenvalue weighted by molar-refractivity contribution is 0.574. The number of aromatic nitrogens is 1. The predicted octanol–water partition coefficient (Wildman–Crippen LogP) is 4.14. The molecule has 1 aromatic heterocycles. The van der Waals surface area contributed by atoms with E-state index in [0.29, 0.717) is 11.3 Å². The van der Waals surface area contributed by atoms with Crippen LogP contribution in [0.1, 0.15) is 16.7 Å². The third kappa shape index (κ3) is 2.14. The van der Waals surface area contributed by atoms with Crippen molar-refractivity contribution in [1.82, 2.24) is 4.98 Å². The zero-order chi connectivity index (χ0) is 12.6. The summed E-state index contributed by atoms with van der Waals surface area (Å²) in [4.78, 5) is 3.79. The molecule has 0 spiro atoms. The highest BCUT2D eigenvalue weighted by atomic mass is 35.5. The first kappa shape index (κ1) is 12.0. The maximum Gasteiger partial charge on any atom is 0.294 e. The molecule has 2 rings (SSSR count). The predicted molar refractivity (Wildman–Crippen MR) is 66.1 cm³/mol. The van der Waals surface area contributed by atoms with Crippen molar-refractivity contribution in [2.75, 3.05) is 0 Å². The van der Waals surface area contributed by atoms with Crippen LogP contribution in [0.15, 0.2) is 16.5 Å². The first-order valence-corrected chi connectivity index (χ1v) is 5.62. The molecular weight excluding hydrogens is 259 g/mol. The number of hydrogen-bond donors (Lipinski definition) is 0. The lowest BCUT2D eigenvalue weighted by atomic mass is 9.99. The molecule has 0 aliphatic heterocycles. The van der Waals surface area contributed by atoms with Crippen LogP contribution in [0, 0.1) is 25.2 Å². The van der Waals surface area contributed by atoms with Crippen molar-refractivity contribution < 1.29 is 4.42 Å². The minimum absolute atomic E-state index is 0.00432. The number of aryl methyl sites for hydroxylation is 2. The largest absolute Gasteiger partial charge is 0.426 e. The summed E-state index contributed by atoms with van der Waals surface area (Å²) in [7, 11) is 0. The van der Waals surface area contributed by atoms with E-state index in [-0.39, 0.29) is 10.5 Å². The number of benzene rings is 1. The summed E-state index contributed by atoms with van der Waals surface area (Å²) in [6.45, 7) is 3.72. The molecule has 0 radical (unpaired) electrons. The van der Waals surface area contributed by atoms with Gasteiger partial charge in [0.05, 0.1) is 11.6 Å². The molecule has 1 aromatic carbocycles. The highest BCUT2D eigenvalue weighted by Crippen LogP contribution is 2.32. The maximum absolute atomic E-state index is 8.99. The van der Waals surface area contributed by atoms with Crippen LogP contribution >= 0.6 is 23.2 Å². The van der Waals surface area contributed by atoms with Gasteiger partial charge in [-0.3, -0.25) is 0 Å². The molecule has 0 saturated carbocycles. The Labute approximate surface area is 109 Å². The number of rotatable bonds is 1. The Kier molecular flexibility index (Phi) is 3.10. The first-order valence-electron chi connectivity index (χ1n) is 4.86. The Morgan fingerprint density at radius 3 is 2.24 bits per heavy atom. The Balaban J connectivity index is 2.63. The molecule has 17 heavy (non-hydrogen) atoms. The average Bonchev–Trinajstić information content (AvgIpc) is 2.57. The van der Waals surface area contributed by atoms with Crippen LogP contribution in [0.25, 0.3) is 11.3 Å². The van der Waals surface area contributed by atoms with E-state index in [1.165, 1.54) is 0 Å². The molecule has 0 bridgehead atoms. The van der Waals surface area contributed by atoms with Gasteiger partial charge in [0.25, 0.3) is 5.35 Å². The quantitative estimate of drug-likeness (QED) is 0.780. The van der Waals surface area contributed by atoms with E-state index >= 15 is 0 Å². The van der Waals surface area contributed by atoms with Crippen LogP contribution in [0.5, 0.6) is 0 Å². The number of hydrogen-bond acceptors (Lipinski definition) is 3. The molecule has 86 valence electrons. The van der Waals surface area contributed by atoms with Gasteiger partial charge < -0.3 is 4.42 Å². The van der Waals surface area contributed by atoms with Crippen molar-refractivity contribution in [3.05, 3.63) is 39.3 Å². The molecule has 0 fully saturated rings. The molecule has 0 atom stereocenters. The van der Waals surface area contributed by atoms with Crippen LogP contribution in [0.4, 0.5) is 0 Å². The highest BCUT2D eigenvalue weighted by molar-refractivity contribution is 6.33. The van der Waals surface area contributed by atoms with Gasteiger partial charge in [-0.15, -0.1) is 0 Å². The Morgan fingerprint density at radius 1 is 1.24 bits per heavy atom. The van der Waals surface area contributed by atoms with Gasteiger partial charge in [-0.2, -0.15) is 10.2 Å². The van der Waals surface area contributed by atoms with Gasteiger partial charge in [0.2, 0.25) is 0 Å². The first-order chi connectivity index (χ1) is 8.02. The average molecular weight is 267 g/mol. The monoisotopic (exact) mass is 266 g/mol. The Morgan fingerprint density at radius 2 is 1.82 bits per heavy atom. The normalized spacial score (nSPS) is 10.3. The highest BCUT2D eigenvalue weighted by Gasteiger charge is 2.14. The van der Waals surface area contributed by atoms with Crippen molar-refractivity contribution in [3.8, 4) is 17.4 Å². The Hall–Kier alpha value is -1.50. The fourth-order valence-electron chi connectivity index (χ4n) is 1.73. The summed E-state index contributed by atoms with van der Waals surface area (Å²) in [6, 6.07) is 5.81. The summed E-state index contributed by atoms with van der Waals surface area (Å²) in [5, 5.41) is 9.21. The van der Waals surface area contributed by atoms with Crippen molar-refractivity contribution in [2.45, 2.75) is 13.8 Å². The summed E-state index contributed by atoms with van der Waals surface area (Å²) in [5.41, 5.74) is 3.16. The third-order valence-corrected chi connectivity index (χ3v) is 2.88. The second kappa shape index (κ2) is 4.40. The lowest BCUT2D eigenvalue weighted by Crippen LogP contribution is -1.89. The van der Waals surface area contributed by atoms with Gasteiger partial charge in [-0.25, -0.2) is 0 Å². The van der Waals surface area contributed by atoms with E-state index in [0.717, 1.165) is 16.7 Å². The van der Waals surface area contributed by atoms with Gasteiger partial charge in [0.1, 0.15) is 0 Å². The van der Waals surface area contributed by atoms with Crippen LogP contribution < -0.4 is 0 Å². The molecular formula is C12H8Cl2N2O. The zero-order valence-electron chi connectivity index (χ0n) is 9.21. The molecule has 0 amide bonds. The molecule has 0 saturated heterocycles. The second-order valence-electron chi connectivity index (χ2n) is 3.68. The molecule has 1 heterocycles. The lowest BCUT2D eigenvalue weighted by Gasteiger charge is -2.05. The summed E-state index contributed by atoms with van der Waals surface area (Å²) >= 11 is 11.5. The van der Waals surface area contributed by atoms with Gasteiger partial charge in [0.15, 0.2) is 10.9 Å². The summed E-state index contributed by atoms with van der Waals surface area (Å²) < 4.78 is 5.22. The van der Waals surface area contributed by atoms with Crippen molar-refractivity contribution in [2.24, 2.45) is 0 Å². The van der Waals surface area contributed by atoms with Gasteiger partial charge in [0, 0.05) is 5.56 Å². The fraction of sp³-hybridized carbons (Fsp3) is 0.167. The van der Waals surface area contributed by atoms with Crippen LogP contribution in [-0.4, -0.2) is 4.98 Å². The SMILES string of the molecule is Cc1cc(-c2oc(Cl)nc2Cl)cc(C)c1C#N. The van der Waals surface area contributed by atoms with Gasteiger partial charge in [-0.1, -0.05) is 11.6 Å². The zero-order valence-corrected chi connectivity index (χ0v) is 10.7. The number of oxazole rings is 1. The number of nitriles is 1. The van der Waals surface area contributed by atoms with E-state index in [1.807, 2.05) is 26.0 Å². The van der Waals surface area contributed by atoms with E-state index in [9.17, 15) is 0 Å². The summed E-state index contributed by atoms with van der Waals surface area (Å²) in [6.07, 6.45) is 0. The smallest absolute Gasteiger partial charge is 0.294 e. The van der Waals surface area contributed by atoms with E-state index < -0.39 is 0 Å². The molecule has 3 nitrogen and oxygen atoms in total. The van der Waals surface area contributed by atoms with Crippen LogP contribution in [0.2, 0.25) is 10.5 Å². The molecule has 0 aliphatic carbocycles. The van der Waals surface area contributed by atoms with E-state index in [2.05, 4.69) is 11.1 Å². The fourth-order valence-corrected chi connectivity index (χ4v) is 2.16. The minimum Gasteiger partial charge on any atom is -0.426 e. The van der Waals surface area contributed by atoms with E-state index in [4.69, 9.17) is 32.9 Å². The van der Waals surface area contributed by atoms with Gasteiger partial charge in [-0.05, 0) is 48.7 Å².